The van der Waals surface area contributed by atoms with Crippen LogP contribution in [0.25, 0.3) is 0 Å². The minimum Gasteiger partial charge on any atom is -0.496 e. The van der Waals surface area contributed by atoms with Gasteiger partial charge in [0, 0.05) is 39.3 Å². The van der Waals surface area contributed by atoms with Gasteiger partial charge >= 0.3 is 0 Å². The van der Waals surface area contributed by atoms with E-state index in [2.05, 4.69) is 32.1 Å². The van der Waals surface area contributed by atoms with Crippen LogP contribution in [0, 0.1) is 0 Å². The maximum Gasteiger partial charge on any atom is 0.257 e. The normalized spacial score (nSPS) is 17.5. The highest BCUT2D eigenvalue weighted by Crippen LogP contribution is 2.22. The molecule has 2 saturated heterocycles. The molecule has 2 aliphatic heterocycles. The van der Waals surface area contributed by atoms with E-state index in [-0.39, 0.29) is 5.91 Å². The smallest absolute Gasteiger partial charge is 0.257 e. The molecule has 7 heteroatoms. The van der Waals surface area contributed by atoms with E-state index in [9.17, 15) is 4.79 Å². The van der Waals surface area contributed by atoms with Gasteiger partial charge in [-0.25, -0.2) is 0 Å². The van der Waals surface area contributed by atoms with Crippen LogP contribution < -0.4 is 14.5 Å². The van der Waals surface area contributed by atoms with Gasteiger partial charge in [-0.15, -0.1) is 10.2 Å². The molecule has 1 aromatic heterocycles. The molecule has 0 N–H and O–H groups in total. The van der Waals surface area contributed by atoms with E-state index in [0.717, 1.165) is 37.8 Å². The van der Waals surface area contributed by atoms with Crippen molar-refractivity contribution in [3.05, 3.63) is 42.0 Å². The van der Waals surface area contributed by atoms with Gasteiger partial charge in [-0.1, -0.05) is 12.1 Å². The fourth-order valence-electron chi connectivity index (χ4n) is 3.91. The first-order valence-electron chi connectivity index (χ1n) is 10.0. The molecule has 2 aromatic rings. The summed E-state index contributed by atoms with van der Waals surface area (Å²) in [7, 11) is 1.59. The number of hydrogen-bond acceptors (Lipinski definition) is 6. The SMILES string of the molecule is COc1ccccc1C(=O)N1CCN(c2ccc(N3CCCCC3)nn2)CC1. The van der Waals surface area contributed by atoms with Crippen LogP contribution in [0.15, 0.2) is 36.4 Å². The highest BCUT2D eigenvalue weighted by molar-refractivity contribution is 5.97. The third-order valence-electron chi connectivity index (χ3n) is 5.54. The minimum atomic E-state index is 0.0173. The summed E-state index contributed by atoms with van der Waals surface area (Å²) in [4.78, 5) is 19.2. The lowest BCUT2D eigenvalue weighted by Crippen LogP contribution is -2.49. The molecular weight excluding hydrogens is 354 g/mol. The fourth-order valence-corrected chi connectivity index (χ4v) is 3.91. The summed E-state index contributed by atoms with van der Waals surface area (Å²) in [5, 5.41) is 8.88. The van der Waals surface area contributed by atoms with E-state index in [4.69, 9.17) is 4.74 Å². The first-order chi connectivity index (χ1) is 13.8. The second-order valence-electron chi connectivity index (χ2n) is 7.28. The van der Waals surface area contributed by atoms with E-state index in [0.29, 0.717) is 24.4 Å². The summed E-state index contributed by atoms with van der Waals surface area (Å²) >= 11 is 0. The number of methoxy groups -OCH3 is 1. The van der Waals surface area contributed by atoms with Gasteiger partial charge < -0.3 is 19.4 Å². The zero-order valence-corrected chi connectivity index (χ0v) is 16.4. The van der Waals surface area contributed by atoms with Crippen LogP contribution in [0.1, 0.15) is 29.6 Å². The van der Waals surface area contributed by atoms with Gasteiger partial charge in [-0.3, -0.25) is 4.79 Å². The zero-order valence-electron chi connectivity index (χ0n) is 16.4. The van der Waals surface area contributed by atoms with E-state index in [1.807, 2.05) is 29.2 Å². The van der Waals surface area contributed by atoms with Crippen molar-refractivity contribution >= 4 is 17.5 Å². The maximum atomic E-state index is 12.8. The Balaban J connectivity index is 1.36. The summed E-state index contributed by atoms with van der Waals surface area (Å²) < 4.78 is 5.33. The van der Waals surface area contributed by atoms with Crippen LogP contribution in [0.4, 0.5) is 11.6 Å². The van der Waals surface area contributed by atoms with Crippen LogP contribution >= 0.6 is 0 Å². The van der Waals surface area contributed by atoms with Gasteiger partial charge in [0.1, 0.15) is 5.75 Å². The summed E-state index contributed by atoms with van der Waals surface area (Å²) in [6.07, 6.45) is 3.76. The number of nitrogens with zero attached hydrogens (tertiary/aromatic N) is 5. The number of piperidine rings is 1. The van der Waals surface area contributed by atoms with Crippen molar-refractivity contribution in [3.63, 3.8) is 0 Å². The van der Waals surface area contributed by atoms with Crippen LogP contribution in [0.5, 0.6) is 5.75 Å². The Hall–Kier alpha value is -2.83. The van der Waals surface area contributed by atoms with Gasteiger partial charge in [0.15, 0.2) is 11.6 Å². The van der Waals surface area contributed by atoms with E-state index in [1.165, 1.54) is 19.3 Å². The average molecular weight is 381 g/mol. The maximum absolute atomic E-state index is 12.8. The zero-order chi connectivity index (χ0) is 19.3. The second-order valence-corrected chi connectivity index (χ2v) is 7.28. The Morgan fingerprint density at radius 1 is 0.821 bits per heavy atom. The number of anilines is 2. The number of rotatable bonds is 4. The van der Waals surface area contributed by atoms with Crippen molar-refractivity contribution < 1.29 is 9.53 Å². The first kappa shape index (κ1) is 18.5. The van der Waals surface area contributed by atoms with Gasteiger partial charge in [-0.2, -0.15) is 0 Å². The molecule has 148 valence electrons. The predicted molar refractivity (Wildman–Crippen MR) is 109 cm³/mol. The fraction of sp³-hybridized carbons (Fsp3) is 0.476. The highest BCUT2D eigenvalue weighted by Gasteiger charge is 2.25. The standard InChI is InChI=1S/C21H27N5O2/c1-28-18-8-4-3-7-17(18)21(27)26-15-13-25(14-16-26)20-10-9-19(22-23-20)24-11-5-2-6-12-24/h3-4,7-10H,2,5-6,11-16H2,1H3. The number of ether oxygens (including phenoxy) is 1. The van der Waals surface area contributed by atoms with Crippen molar-refractivity contribution in [1.82, 2.24) is 15.1 Å². The van der Waals surface area contributed by atoms with Crippen molar-refractivity contribution in [2.75, 3.05) is 56.2 Å². The number of piperazine rings is 1. The van der Waals surface area contributed by atoms with Gasteiger partial charge in [0.25, 0.3) is 5.91 Å². The number of para-hydroxylation sites is 1. The Labute approximate surface area is 165 Å². The lowest BCUT2D eigenvalue weighted by atomic mass is 10.1. The second kappa shape index (κ2) is 8.46. The minimum absolute atomic E-state index is 0.0173. The Morgan fingerprint density at radius 3 is 2.04 bits per heavy atom. The molecule has 0 aliphatic carbocycles. The van der Waals surface area contributed by atoms with E-state index in [1.54, 1.807) is 7.11 Å². The molecule has 1 amide bonds. The van der Waals surface area contributed by atoms with Gasteiger partial charge in [-0.05, 0) is 43.5 Å². The Bertz CT molecular complexity index is 797. The molecule has 2 aliphatic rings. The topological polar surface area (TPSA) is 61.8 Å². The number of carbonyl (C=O) groups is 1. The molecule has 0 saturated carbocycles. The van der Waals surface area contributed by atoms with Crippen molar-refractivity contribution in [2.24, 2.45) is 0 Å². The summed E-state index contributed by atoms with van der Waals surface area (Å²) in [5.41, 5.74) is 0.615. The third kappa shape index (κ3) is 3.88. The summed E-state index contributed by atoms with van der Waals surface area (Å²) in [5.74, 6) is 2.48. The van der Waals surface area contributed by atoms with E-state index >= 15 is 0 Å². The number of aromatic nitrogens is 2. The Kier molecular flexibility index (Phi) is 5.60. The van der Waals surface area contributed by atoms with Gasteiger partial charge in [0.2, 0.25) is 0 Å². The first-order valence-corrected chi connectivity index (χ1v) is 10.0. The molecule has 0 spiro atoms. The molecule has 4 rings (SSSR count). The molecule has 28 heavy (non-hydrogen) atoms. The molecule has 7 nitrogen and oxygen atoms in total. The number of benzene rings is 1. The molecule has 3 heterocycles. The lowest BCUT2D eigenvalue weighted by Gasteiger charge is -2.35. The molecule has 0 atom stereocenters. The van der Waals surface area contributed by atoms with Gasteiger partial charge in [0.05, 0.1) is 12.7 Å². The van der Waals surface area contributed by atoms with Crippen molar-refractivity contribution in [3.8, 4) is 5.75 Å². The molecule has 0 bridgehead atoms. The van der Waals surface area contributed by atoms with Crippen LogP contribution in [0.2, 0.25) is 0 Å². The molecule has 0 radical (unpaired) electrons. The number of hydrogen-bond donors (Lipinski definition) is 0. The largest absolute Gasteiger partial charge is 0.496 e. The lowest BCUT2D eigenvalue weighted by molar-refractivity contribution is 0.0743. The molecular formula is C21H27N5O2. The predicted octanol–water partition coefficient (Wildman–Crippen LogP) is 2.44. The average Bonchev–Trinajstić information content (AvgIpc) is 2.79. The molecule has 1 aromatic carbocycles. The summed E-state index contributed by atoms with van der Waals surface area (Å²) in [6, 6.07) is 11.5. The quantitative estimate of drug-likeness (QED) is 0.811. The number of amides is 1. The Morgan fingerprint density at radius 2 is 1.43 bits per heavy atom. The number of carbonyl (C=O) groups excluding carboxylic acids is 1. The van der Waals surface area contributed by atoms with Crippen LogP contribution in [-0.4, -0.2) is 67.4 Å². The van der Waals surface area contributed by atoms with E-state index < -0.39 is 0 Å². The third-order valence-corrected chi connectivity index (χ3v) is 5.54. The van der Waals surface area contributed by atoms with Crippen LogP contribution in [0.3, 0.4) is 0 Å². The van der Waals surface area contributed by atoms with Crippen molar-refractivity contribution in [1.29, 1.82) is 0 Å². The monoisotopic (exact) mass is 381 g/mol. The highest BCUT2D eigenvalue weighted by atomic mass is 16.5. The van der Waals surface area contributed by atoms with Crippen LogP contribution in [-0.2, 0) is 0 Å². The summed E-state index contributed by atoms with van der Waals surface area (Å²) in [6.45, 7) is 4.95. The van der Waals surface area contributed by atoms with Crippen molar-refractivity contribution in [2.45, 2.75) is 19.3 Å². The molecule has 0 unspecified atom stereocenters. The molecule has 2 fully saturated rings.